The van der Waals surface area contributed by atoms with Gasteiger partial charge in [0.1, 0.15) is 19.2 Å². The van der Waals surface area contributed by atoms with Crippen molar-refractivity contribution in [3.8, 4) is 0 Å². The van der Waals surface area contributed by atoms with Crippen molar-refractivity contribution < 1.29 is 18.5 Å². The van der Waals surface area contributed by atoms with Gasteiger partial charge in [-0.1, -0.05) is 26.0 Å². The topological polar surface area (TPSA) is 55.4 Å². The maximum absolute atomic E-state index is 13.2. The minimum atomic E-state index is -2.60. The highest BCUT2D eigenvalue weighted by Crippen LogP contribution is 2.40. The SMILES string of the molecule is CCP(=O)(CC)NC(Cc1cccc(F)c1)C(=O)OC. The van der Waals surface area contributed by atoms with Crippen LogP contribution in [0.15, 0.2) is 24.3 Å². The summed E-state index contributed by atoms with van der Waals surface area (Å²) in [4.78, 5) is 11.8. The molecule has 1 aromatic rings. The zero-order valence-corrected chi connectivity index (χ0v) is 13.0. The number of hydrogen-bond donors (Lipinski definition) is 1. The molecule has 0 saturated carbocycles. The lowest BCUT2D eigenvalue weighted by Crippen LogP contribution is -2.38. The average Bonchev–Trinajstić information content (AvgIpc) is 2.45. The van der Waals surface area contributed by atoms with E-state index < -0.39 is 19.3 Å². The van der Waals surface area contributed by atoms with Gasteiger partial charge in [0.2, 0.25) is 0 Å². The Morgan fingerprint density at radius 1 is 1.40 bits per heavy atom. The lowest BCUT2D eigenvalue weighted by Gasteiger charge is -2.23. The number of methoxy groups -OCH3 is 1. The second kappa shape index (κ2) is 7.55. The summed E-state index contributed by atoms with van der Waals surface area (Å²) in [6, 6.07) is 5.28. The highest BCUT2D eigenvalue weighted by atomic mass is 31.2. The van der Waals surface area contributed by atoms with E-state index in [0.29, 0.717) is 17.9 Å². The molecule has 1 unspecified atom stereocenters. The third kappa shape index (κ3) is 4.73. The molecule has 4 nitrogen and oxygen atoms in total. The first-order valence-electron chi connectivity index (χ1n) is 6.62. The maximum atomic E-state index is 13.2. The van der Waals surface area contributed by atoms with Gasteiger partial charge in [0.15, 0.2) is 0 Å². The largest absolute Gasteiger partial charge is 0.468 e. The number of halogens is 1. The first-order valence-corrected chi connectivity index (χ1v) is 8.70. The summed E-state index contributed by atoms with van der Waals surface area (Å²) < 4.78 is 30.4. The Kier molecular flexibility index (Phi) is 6.37. The average molecular weight is 301 g/mol. The summed E-state index contributed by atoms with van der Waals surface area (Å²) in [5.41, 5.74) is 0.659. The number of ether oxygens (including phenoxy) is 1. The minimum absolute atomic E-state index is 0.244. The molecule has 0 aliphatic rings. The standard InChI is InChI=1S/C14H21FNO3P/c1-4-20(18,5-2)16-13(14(17)19-3)10-11-7-6-8-12(15)9-11/h6-9,13H,4-5,10H2,1-3H3,(H,16,18). The van der Waals surface area contributed by atoms with Crippen LogP contribution in [0.5, 0.6) is 0 Å². The zero-order valence-electron chi connectivity index (χ0n) is 12.1. The lowest BCUT2D eigenvalue weighted by molar-refractivity contribution is -0.142. The zero-order chi connectivity index (χ0) is 15.2. The van der Waals surface area contributed by atoms with Crippen molar-refractivity contribution in [1.29, 1.82) is 0 Å². The lowest BCUT2D eigenvalue weighted by atomic mass is 10.1. The molecule has 112 valence electrons. The van der Waals surface area contributed by atoms with E-state index in [1.54, 1.807) is 12.1 Å². The van der Waals surface area contributed by atoms with Crippen molar-refractivity contribution in [2.24, 2.45) is 0 Å². The fourth-order valence-corrected chi connectivity index (χ4v) is 3.49. The highest BCUT2D eigenvalue weighted by Gasteiger charge is 2.27. The van der Waals surface area contributed by atoms with Crippen molar-refractivity contribution in [3.63, 3.8) is 0 Å². The van der Waals surface area contributed by atoms with Gasteiger partial charge in [0.05, 0.1) is 7.11 Å². The van der Waals surface area contributed by atoms with Gasteiger partial charge < -0.3 is 9.30 Å². The number of esters is 1. The molecular weight excluding hydrogens is 280 g/mol. The first kappa shape index (κ1) is 16.9. The van der Waals surface area contributed by atoms with Gasteiger partial charge >= 0.3 is 5.97 Å². The minimum Gasteiger partial charge on any atom is -0.468 e. The molecule has 0 amide bonds. The monoisotopic (exact) mass is 301 g/mol. The van der Waals surface area contributed by atoms with E-state index in [0.717, 1.165) is 0 Å². The van der Waals surface area contributed by atoms with Crippen molar-refractivity contribution >= 4 is 13.3 Å². The van der Waals surface area contributed by atoms with Crippen LogP contribution < -0.4 is 5.09 Å². The smallest absolute Gasteiger partial charge is 0.323 e. The predicted molar refractivity (Wildman–Crippen MR) is 77.7 cm³/mol. The number of benzene rings is 1. The Balaban J connectivity index is 2.90. The molecule has 0 saturated heterocycles. The Labute approximate surface area is 119 Å². The van der Waals surface area contributed by atoms with Crippen LogP contribution in [0.25, 0.3) is 0 Å². The number of carbonyl (C=O) groups is 1. The normalized spacial score (nSPS) is 13.0. The van der Waals surface area contributed by atoms with Crippen molar-refractivity contribution in [2.45, 2.75) is 26.3 Å². The van der Waals surface area contributed by atoms with Crippen LogP contribution in [0.1, 0.15) is 19.4 Å². The summed E-state index contributed by atoms with van der Waals surface area (Å²) in [5, 5.41) is 2.91. The Hall–Kier alpha value is -1.19. The summed E-state index contributed by atoms with van der Waals surface area (Å²) in [7, 11) is -1.31. The Morgan fingerprint density at radius 3 is 2.55 bits per heavy atom. The summed E-state index contributed by atoms with van der Waals surface area (Å²) >= 11 is 0. The Morgan fingerprint density at radius 2 is 2.05 bits per heavy atom. The third-order valence-electron chi connectivity index (χ3n) is 3.23. The molecule has 1 aromatic carbocycles. The predicted octanol–water partition coefficient (Wildman–Crippen LogP) is 2.82. The molecule has 0 aliphatic carbocycles. The van der Waals surface area contributed by atoms with Crippen LogP contribution in [0.2, 0.25) is 0 Å². The molecule has 1 N–H and O–H groups in total. The van der Waals surface area contributed by atoms with E-state index in [2.05, 4.69) is 5.09 Å². The van der Waals surface area contributed by atoms with Crippen LogP contribution in [-0.4, -0.2) is 31.4 Å². The molecular formula is C14H21FNO3P. The van der Waals surface area contributed by atoms with Crippen LogP contribution >= 0.6 is 7.29 Å². The number of carbonyl (C=O) groups excluding carboxylic acids is 1. The first-order chi connectivity index (χ1) is 9.44. The summed E-state index contributed by atoms with van der Waals surface area (Å²) in [6.45, 7) is 3.63. The molecule has 1 rings (SSSR count). The highest BCUT2D eigenvalue weighted by molar-refractivity contribution is 7.61. The quantitative estimate of drug-likeness (QED) is 0.621. The second-order valence-corrected chi connectivity index (χ2v) is 7.86. The van der Waals surface area contributed by atoms with Crippen LogP contribution in [0.3, 0.4) is 0 Å². The van der Waals surface area contributed by atoms with E-state index >= 15 is 0 Å². The fraction of sp³-hybridized carbons (Fsp3) is 0.500. The van der Waals surface area contributed by atoms with Gasteiger partial charge in [-0.3, -0.25) is 9.88 Å². The van der Waals surface area contributed by atoms with Gasteiger partial charge in [0, 0.05) is 12.3 Å². The van der Waals surface area contributed by atoms with E-state index in [9.17, 15) is 13.8 Å². The molecule has 0 heterocycles. The van der Waals surface area contributed by atoms with E-state index in [1.807, 2.05) is 13.8 Å². The fourth-order valence-electron chi connectivity index (χ4n) is 1.91. The number of nitrogens with one attached hydrogen (secondary N) is 1. The maximum Gasteiger partial charge on any atom is 0.323 e. The molecule has 0 spiro atoms. The molecule has 0 bridgehead atoms. The van der Waals surface area contributed by atoms with Crippen LogP contribution in [0, 0.1) is 5.82 Å². The summed E-state index contributed by atoms with van der Waals surface area (Å²) in [6.07, 6.45) is 1.16. The van der Waals surface area contributed by atoms with Gasteiger partial charge in [0.25, 0.3) is 0 Å². The van der Waals surface area contributed by atoms with E-state index in [-0.39, 0.29) is 12.2 Å². The van der Waals surface area contributed by atoms with Gasteiger partial charge in [-0.15, -0.1) is 0 Å². The van der Waals surface area contributed by atoms with Gasteiger partial charge in [-0.2, -0.15) is 0 Å². The van der Waals surface area contributed by atoms with Gasteiger partial charge in [-0.25, -0.2) is 4.39 Å². The van der Waals surface area contributed by atoms with Crippen molar-refractivity contribution in [3.05, 3.63) is 35.6 Å². The van der Waals surface area contributed by atoms with E-state index in [4.69, 9.17) is 4.74 Å². The molecule has 0 aromatic heterocycles. The van der Waals surface area contributed by atoms with Gasteiger partial charge in [-0.05, 0) is 24.1 Å². The second-order valence-electron chi connectivity index (χ2n) is 4.56. The molecule has 1 atom stereocenters. The number of hydrogen-bond acceptors (Lipinski definition) is 3. The van der Waals surface area contributed by atoms with E-state index in [1.165, 1.54) is 19.2 Å². The Bertz CT molecular complexity index is 499. The molecule has 0 aliphatic heterocycles. The molecule has 0 radical (unpaired) electrons. The number of rotatable bonds is 7. The van der Waals surface area contributed by atoms with Crippen LogP contribution in [-0.2, 0) is 20.5 Å². The van der Waals surface area contributed by atoms with Crippen molar-refractivity contribution in [2.75, 3.05) is 19.4 Å². The molecule has 0 fully saturated rings. The molecule has 20 heavy (non-hydrogen) atoms. The molecule has 6 heteroatoms. The summed E-state index contributed by atoms with van der Waals surface area (Å²) in [5.74, 6) is -0.850. The third-order valence-corrected chi connectivity index (χ3v) is 6.05. The van der Waals surface area contributed by atoms with Crippen molar-refractivity contribution in [1.82, 2.24) is 5.09 Å². The van der Waals surface area contributed by atoms with Crippen LogP contribution in [0.4, 0.5) is 4.39 Å².